The van der Waals surface area contributed by atoms with Crippen molar-refractivity contribution in [2.75, 3.05) is 18.1 Å². The van der Waals surface area contributed by atoms with E-state index in [0.717, 1.165) is 10.3 Å². The van der Waals surface area contributed by atoms with E-state index < -0.39 is 5.95 Å². The van der Waals surface area contributed by atoms with Crippen LogP contribution in [0.25, 0.3) is 0 Å². The fraction of sp³-hybridized carbons (Fsp3) is 0.0909. The number of halogens is 2. The highest BCUT2D eigenvalue weighted by atomic mass is 79.9. The lowest BCUT2D eigenvalue weighted by Gasteiger charge is -1.95. The first-order valence-electron chi connectivity index (χ1n) is 4.78. The molecule has 4 nitrogen and oxygen atoms in total. The number of rotatable bonds is 1. The summed E-state index contributed by atoms with van der Waals surface area (Å²) in [6.45, 7) is 0. The zero-order chi connectivity index (χ0) is 12.7. The summed E-state index contributed by atoms with van der Waals surface area (Å²) in [4.78, 5) is 7.29. The van der Waals surface area contributed by atoms with Crippen molar-refractivity contribution < 1.29 is 4.39 Å². The highest BCUT2D eigenvalue weighted by Crippen LogP contribution is 2.08. The van der Waals surface area contributed by atoms with Gasteiger partial charge in [-0.2, -0.15) is 4.39 Å². The van der Waals surface area contributed by atoms with Crippen LogP contribution in [-0.2, 0) is 0 Å². The maximum atomic E-state index is 11.9. The van der Waals surface area contributed by atoms with Crippen LogP contribution in [0.3, 0.4) is 0 Å². The number of nitrogen functional groups attached to an aromatic ring is 1. The molecule has 2 rings (SSSR count). The van der Waals surface area contributed by atoms with Crippen LogP contribution in [0, 0.1) is 5.95 Å². The summed E-state index contributed by atoms with van der Waals surface area (Å²) >= 11 is 3.24. The molecule has 0 fully saturated rings. The maximum absolute atomic E-state index is 11.9. The zero-order valence-corrected chi connectivity index (χ0v) is 10.8. The quantitative estimate of drug-likeness (QED) is 0.795. The van der Waals surface area contributed by atoms with E-state index in [-0.39, 0.29) is 0 Å². The molecule has 0 spiro atoms. The van der Waals surface area contributed by atoms with E-state index in [0.29, 0.717) is 5.69 Å². The summed E-state index contributed by atoms with van der Waals surface area (Å²) in [5, 5.41) is 2.97. The molecule has 90 valence electrons. The predicted molar refractivity (Wildman–Crippen MR) is 70.1 cm³/mol. The van der Waals surface area contributed by atoms with Gasteiger partial charge in [0.05, 0.1) is 23.8 Å². The first kappa shape index (κ1) is 13.4. The van der Waals surface area contributed by atoms with Crippen LogP contribution < -0.4 is 11.1 Å². The minimum atomic E-state index is -0.501. The van der Waals surface area contributed by atoms with Crippen LogP contribution in [0.5, 0.6) is 0 Å². The lowest BCUT2D eigenvalue weighted by molar-refractivity contribution is 0.584. The van der Waals surface area contributed by atoms with Gasteiger partial charge in [-0.25, -0.2) is 9.97 Å². The maximum Gasteiger partial charge on any atom is 0.212 e. The average molecular weight is 299 g/mol. The summed E-state index contributed by atoms with van der Waals surface area (Å²) < 4.78 is 12.8. The minimum absolute atomic E-state index is 0.478. The normalized spacial score (nSPS) is 9.12. The molecule has 6 heteroatoms. The minimum Gasteiger partial charge on any atom is -0.397 e. The van der Waals surface area contributed by atoms with Crippen LogP contribution in [-0.4, -0.2) is 17.0 Å². The Morgan fingerprint density at radius 1 is 1.18 bits per heavy atom. The largest absolute Gasteiger partial charge is 0.397 e. The van der Waals surface area contributed by atoms with E-state index in [9.17, 15) is 4.39 Å². The predicted octanol–water partition coefficient (Wildman–Crippen LogP) is 2.69. The van der Waals surface area contributed by atoms with Crippen LogP contribution in [0.1, 0.15) is 0 Å². The molecule has 0 aromatic carbocycles. The third-order valence-electron chi connectivity index (χ3n) is 1.77. The molecule has 3 N–H and O–H groups in total. The smallest absolute Gasteiger partial charge is 0.212 e. The van der Waals surface area contributed by atoms with Gasteiger partial charge in [0.2, 0.25) is 5.95 Å². The molecule has 2 heterocycles. The lowest BCUT2D eigenvalue weighted by Crippen LogP contribution is -1.87. The highest BCUT2D eigenvalue weighted by Gasteiger charge is 1.86. The van der Waals surface area contributed by atoms with Gasteiger partial charge in [0, 0.05) is 7.05 Å². The molecule has 0 saturated carbocycles. The molecular weight excluding hydrogens is 287 g/mol. The highest BCUT2D eigenvalue weighted by molar-refractivity contribution is 9.10. The molecular formula is C11H12BrFN4. The van der Waals surface area contributed by atoms with Gasteiger partial charge in [-0.1, -0.05) is 0 Å². The van der Waals surface area contributed by atoms with Crippen molar-refractivity contribution >= 4 is 27.3 Å². The first-order chi connectivity index (χ1) is 8.11. The van der Waals surface area contributed by atoms with Crippen molar-refractivity contribution in [3.8, 4) is 0 Å². The van der Waals surface area contributed by atoms with Crippen molar-refractivity contribution in [3.05, 3.63) is 47.2 Å². The molecule has 0 aliphatic heterocycles. The zero-order valence-electron chi connectivity index (χ0n) is 9.19. The van der Waals surface area contributed by atoms with Gasteiger partial charge in [-0.3, -0.25) is 0 Å². The van der Waals surface area contributed by atoms with E-state index in [4.69, 9.17) is 5.73 Å². The Morgan fingerprint density at radius 3 is 2.35 bits per heavy atom. The number of anilines is 2. The van der Waals surface area contributed by atoms with Crippen molar-refractivity contribution in [3.63, 3.8) is 0 Å². The molecule has 0 bridgehead atoms. The third kappa shape index (κ3) is 5.26. The molecule has 2 aromatic rings. The summed E-state index contributed by atoms with van der Waals surface area (Å²) in [6, 6.07) is 6.53. The molecule has 0 amide bonds. The van der Waals surface area contributed by atoms with E-state index in [2.05, 4.69) is 31.2 Å². The van der Waals surface area contributed by atoms with E-state index in [1.165, 1.54) is 18.3 Å². The van der Waals surface area contributed by atoms with Crippen LogP contribution >= 0.6 is 15.9 Å². The molecule has 0 radical (unpaired) electrons. The standard InChI is InChI=1S/C6H7BrN2.C5H5FN2/c1-8-5-2-3-6(7)9-4-5;6-5-2-1-4(7)3-8-5/h2-4,8H,1H3;1-3H,7H2. The van der Waals surface area contributed by atoms with E-state index in [1.54, 1.807) is 6.20 Å². The fourth-order valence-corrected chi connectivity index (χ4v) is 1.15. The Morgan fingerprint density at radius 2 is 1.94 bits per heavy atom. The van der Waals surface area contributed by atoms with Crippen molar-refractivity contribution in [1.82, 2.24) is 9.97 Å². The number of hydrogen-bond acceptors (Lipinski definition) is 4. The molecule has 0 atom stereocenters. The second-order valence-corrected chi connectivity index (χ2v) is 3.85. The van der Waals surface area contributed by atoms with Crippen molar-refractivity contribution in [2.24, 2.45) is 0 Å². The van der Waals surface area contributed by atoms with Gasteiger partial charge in [0.15, 0.2) is 0 Å². The van der Waals surface area contributed by atoms with Crippen LogP contribution in [0.15, 0.2) is 41.3 Å². The van der Waals surface area contributed by atoms with Gasteiger partial charge in [-0.15, -0.1) is 0 Å². The fourth-order valence-electron chi connectivity index (χ4n) is 0.911. The van der Waals surface area contributed by atoms with Crippen molar-refractivity contribution in [1.29, 1.82) is 0 Å². The third-order valence-corrected chi connectivity index (χ3v) is 2.24. The summed E-state index contributed by atoms with van der Waals surface area (Å²) in [5.41, 5.74) is 6.70. The first-order valence-corrected chi connectivity index (χ1v) is 5.57. The average Bonchev–Trinajstić information content (AvgIpc) is 2.35. The SMILES string of the molecule is CNc1ccc(Br)nc1.Nc1ccc(F)nc1. The van der Waals surface area contributed by atoms with Gasteiger partial charge >= 0.3 is 0 Å². The number of hydrogen-bond donors (Lipinski definition) is 2. The Bertz CT molecular complexity index is 423. The number of nitrogens with one attached hydrogen (secondary N) is 1. The molecule has 17 heavy (non-hydrogen) atoms. The number of nitrogens with zero attached hydrogens (tertiary/aromatic N) is 2. The van der Waals surface area contributed by atoms with Crippen LogP contribution in [0.4, 0.5) is 15.8 Å². The van der Waals surface area contributed by atoms with E-state index >= 15 is 0 Å². The van der Waals surface area contributed by atoms with Gasteiger partial charge in [0.25, 0.3) is 0 Å². The summed E-state index contributed by atoms with van der Waals surface area (Å²) in [6.07, 6.45) is 3.04. The number of aromatic nitrogens is 2. The summed E-state index contributed by atoms with van der Waals surface area (Å²) in [5.74, 6) is -0.501. The van der Waals surface area contributed by atoms with Gasteiger partial charge in [0.1, 0.15) is 4.60 Å². The van der Waals surface area contributed by atoms with E-state index in [1.807, 2.05) is 19.2 Å². The Labute approximate surface area is 107 Å². The van der Waals surface area contributed by atoms with Gasteiger partial charge in [-0.05, 0) is 40.2 Å². The second-order valence-electron chi connectivity index (χ2n) is 3.03. The monoisotopic (exact) mass is 298 g/mol. The topological polar surface area (TPSA) is 63.8 Å². The molecule has 2 aromatic heterocycles. The van der Waals surface area contributed by atoms with Gasteiger partial charge < -0.3 is 11.1 Å². The lowest BCUT2D eigenvalue weighted by atomic mass is 10.4. The molecule has 0 unspecified atom stereocenters. The Balaban J connectivity index is 0.000000171. The van der Waals surface area contributed by atoms with Crippen molar-refractivity contribution in [2.45, 2.75) is 0 Å². The number of nitrogens with two attached hydrogens (primary N) is 1. The number of pyridine rings is 2. The molecule has 0 aliphatic carbocycles. The second kappa shape index (κ2) is 6.80. The Hall–Kier alpha value is -1.69. The molecule has 0 aliphatic rings. The van der Waals surface area contributed by atoms with Crippen LogP contribution in [0.2, 0.25) is 0 Å². The summed E-state index contributed by atoms with van der Waals surface area (Å²) in [7, 11) is 1.87. The molecule has 0 saturated heterocycles. The Kier molecular flexibility index (Phi) is 5.35.